The Balaban J connectivity index is 1.17. The minimum atomic E-state index is -0.222. The van der Waals surface area contributed by atoms with Crippen LogP contribution in [0.25, 0.3) is 0 Å². The number of carbonyl (C=O) groups is 3. The van der Waals surface area contributed by atoms with Crippen LogP contribution in [0.15, 0.2) is 102 Å². The summed E-state index contributed by atoms with van der Waals surface area (Å²) in [5.74, 6) is 0.179. The van der Waals surface area contributed by atoms with Crippen LogP contribution in [0.2, 0.25) is 0 Å². The summed E-state index contributed by atoms with van der Waals surface area (Å²) in [6, 6.07) is 27.2. The van der Waals surface area contributed by atoms with Crippen LogP contribution in [-0.2, 0) is 22.6 Å². The van der Waals surface area contributed by atoms with E-state index in [1.165, 1.54) is 0 Å². The second kappa shape index (κ2) is 12.7. The van der Waals surface area contributed by atoms with Gasteiger partial charge in [0.25, 0.3) is 5.91 Å². The van der Waals surface area contributed by atoms with Crippen LogP contribution >= 0.6 is 0 Å². The highest BCUT2D eigenvalue weighted by Crippen LogP contribution is 2.15. The van der Waals surface area contributed by atoms with Gasteiger partial charge in [0, 0.05) is 29.0 Å². The normalized spacial score (nSPS) is 10.4. The van der Waals surface area contributed by atoms with Crippen LogP contribution in [0, 0.1) is 0 Å². The molecule has 0 saturated heterocycles. The number of anilines is 3. The summed E-state index contributed by atoms with van der Waals surface area (Å²) in [5, 5.41) is 11.5. The summed E-state index contributed by atoms with van der Waals surface area (Å²) >= 11 is 0. The molecule has 0 aliphatic rings. The third kappa shape index (κ3) is 8.10. The van der Waals surface area contributed by atoms with Gasteiger partial charge in [0.05, 0.1) is 19.4 Å². The van der Waals surface area contributed by atoms with E-state index >= 15 is 0 Å². The molecular formula is C29H28N4O4. The van der Waals surface area contributed by atoms with E-state index in [4.69, 9.17) is 4.42 Å². The van der Waals surface area contributed by atoms with Gasteiger partial charge in [-0.1, -0.05) is 30.3 Å². The minimum absolute atomic E-state index is 0.0575. The summed E-state index contributed by atoms with van der Waals surface area (Å²) in [5.41, 5.74) is 3.63. The van der Waals surface area contributed by atoms with Gasteiger partial charge >= 0.3 is 0 Å². The van der Waals surface area contributed by atoms with Gasteiger partial charge in [0.1, 0.15) is 5.76 Å². The zero-order valence-electron chi connectivity index (χ0n) is 20.2. The predicted molar refractivity (Wildman–Crippen MR) is 143 cm³/mol. The molecule has 0 aliphatic heterocycles. The van der Waals surface area contributed by atoms with Gasteiger partial charge in [-0.15, -0.1) is 0 Å². The average molecular weight is 497 g/mol. The maximum absolute atomic E-state index is 12.3. The number of rotatable bonds is 11. The van der Waals surface area contributed by atoms with E-state index < -0.39 is 0 Å². The highest BCUT2D eigenvalue weighted by atomic mass is 16.3. The number of amides is 3. The number of hydrogen-bond acceptors (Lipinski definition) is 5. The van der Waals surface area contributed by atoms with Crippen molar-refractivity contribution >= 4 is 34.8 Å². The van der Waals surface area contributed by atoms with Gasteiger partial charge in [-0.3, -0.25) is 14.4 Å². The van der Waals surface area contributed by atoms with Gasteiger partial charge < -0.3 is 25.7 Å². The van der Waals surface area contributed by atoms with Crippen LogP contribution in [0.5, 0.6) is 0 Å². The lowest BCUT2D eigenvalue weighted by Gasteiger charge is -2.10. The molecule has 0 atom stereocenters. The van der Waals surface area contributed by atoms with E-state index in [0.29, 0.717) is 47.8 Å². The lowest BCUT2D eigenvalue weighted by Crippen LogP contribution is -2.23. The summed E-state index contributed by atoms with van der Waals surface area (Å²) in [7, 11) is 0. The second-order valence-corrected chi connectivity index (χ2v) is 8.35. The van der Waals surface area contributed by atoms with Gasteiger partial charge in [-0.2, -0.15) is 0 Å². The number of nitrogens with one attached hydrogen (secondary N) is 4. The van der Waals surface area contributed by atoms with Crippen molar-refractivity contribution < 1.29 is 18.8 Å². The van der Waals surface area contributed by atoms with E-state index in [2.05, 4.69) is 21.3 Å². The lowest BCUT2D eigenvalue weighted by molar-refractivity contribution is -0.116. The molecule has 0 spiro atoms. The van der Waals surface area contributed by atoms with Crippen LogP contribution in [0.4, 0.5) is 17.1 Å². The third-order valence-electron chi connectivity index (χ3n) is 5.54. The summed E-state index contributed by atoms with van der Waals surface area (Å²) < 4.78 is 5.20. The maximum atomic E-state index is 12.3. The molecular weight excluding hydrogens is 468 g/mol. The van der Waals surface area contributed by atoms with E-state index in [9.17, 15) is 14.4 Å². The fourth-order valence-corrected chi connectivity index (χ4v) is 3.57. The molecule has 4 N–H and O–H groups in total. The predicted octanol–water partition coefficient (Wildman–Crippen LogP) is 4.83. The van der Waals surface area contributed by atoms with Crippen LogP contribution in [0.3, 0.4) is 0 Å². The maximum Gasteiger partial charge on any atom is 0.251 e. The van der Waals surface area contributed by atoms with Gasteiger partial charge in [0.15, 0.2) is 0 Å². The van der Waals surface area contributed by atoms with Crippen LogP contribution in [-0.4, -0.2) is 24.3 Å². The highest BCUT2D eigenvalue weighted by molar-refractivity contribution is 5.96. The Morgan fingerprint density at radius 1 is 0.676 bits per heavy atom. The molecule has 0 unspecified atom stereocenters. The van der Waals surface area contributed by atoms with Crippen molar-refractivity contribution in [2.24, 2.45) is 0 Å². The third-order valence-corrected chi connectivity index (χ3v) is 5.54. The smallest absolute Gasteiger partial charge is 0.251 e. The van der Waals surface area contributed by atoms with Gasteiger partial charge in [0.2, 0.25) is 11.8 Å². The van der Waals surface area contributed by atoms with E-state index in [0.717, 1.165) is 5.56 Å². The topological polar surface area (TPSA) is 112 Å². The molecule has 0 aliphatic carbocycles. The first kappa shape index (κ1) is 25.2. The second-order valence-electron chi connectivity index (χ2n) is 8.35. The highest BCUT2D eigenvalue weighted by Gasteiger charge is 2.08. The van der Waals surface area contributed by atoms with Crippen molar-refractivity contribution in [1.29, 1.82) is 0 Å². The van der Waals surface area contributed by atoms with E-state index in [1.807, 2.05) is 30.3 Å². The molecule has 0 saturated carbocycles. The van der Waals surface area contributed by atoms with Crippen molar-refractivity contribution in [2.45, 2.75) is 19.4 Å². The Bertz CT molecular complexity index is 1300. The number of carbonyl (C=O) groups excluding carboxylic acids is 3. The molecule has 0 bridgehead atoms. The lowest BCUT2D eigenvalue weighted by atomic mass is 10.1. The van der Waals surface area contributed by atoms with Gasteiger partial charge in [-0.25, -0.2) is 0 Å². The fourth-order valence-electron chi connectivity index (χ4n) is 3.57. The van der Waals surface area contributed by atoms with Crippen LogP contribution in [0.1, 0.15) is 28.1 Å². The Kier molecular flexibility index (Phi) is 8.69. The quantitative estimate of drug-likeness (QED) is 0.238. The first-order valence-electron chi connectivity index (χ1n) is 11.9. The molecule has 4 aromatic rings. The molecule has 8 nitrogen and oxygen atoms in total. The SMILES string of the molecule is O=C(CCc1ccccc1)Nc1ccc(NC(=O)CNc2ccc(C(=O)NCc3ccco3)cc2)cc1. The molecule has 1 heterocycles. The molecule has 3 aromatic carbocycles. The molecule has 3 amide bonds. The van der Waals surface area contributed by atoms with E-state index in [-0.39, 0.29) is 24.3 Å². The van der Waals surface area contributed by atoms with Crippen molar-refractivity contribution in [3.63, 3.8) is 0 Å². The molecule has 8 heteroatoms. The Labute approximate surface area is 215 Å². The zero-order chi connectivity index (χ0) is 25.9. The van der Waals surface area contributed by atoms with Gasteiger partial charge in [-0.05, 0) is 72.6 Å². The molecule has 0 radical (unpaired) electrons. The molecule has 0 fully saturated rings. The first-order chi connectivity index (χ1) is 18.0. The zero-order valence-corrected chi connectivity index (χ0v) is 20.2. The molecule has 4 rings (SSSR count). The molecule has 1 aromatic heterocycles. The summed E-state index contributed by atoms with van der Waals surface area (Å²) in [4.78, 5) is 36.8. The number of benzene rings is 3. The number of furan rings is 1. The number of hydrogen-bond donors (Lipinski definition) is 4. The monoisotopic (exact) mass is 496 g/mol. The first-order valence-corrected chi connectivity index (χ1v) is 11.9. The minimum Gasteiger partial charge on any atom is -0.467 e. The average Bonchev–Trinajstić information content (AvgIpc) is 3.45. The summed E-state index contributed by atoms with van der Waals surface area (Å²) in [6.07, 6.45) is 2.63. The van der Waals surface area contributed by atoms with Crippen LogP contribution < -0.4 is 21.3 Å². The Hall–Kier alpha value is -4.85. The van der Waals surface area contributed by atoms with E-state index in [1.54, 1.807) is 66.9 Å². The Morgan fingerprint density at radius 2 is 1.32 bits per heavy atom. The molecule has 37 heavy (non-hydrogen) atoms. The van der Waals surface area contributed by atoms with Crippen molar-refractivity contribution in [2.75, 3.05) is 22.5 Å². The summed E-state index contributed by atoms with van der Waals surface area (Å²) in [6.45, 7) is 0.371. The van der Waals surface area contributed by atoms with Crippen molar-refractivity contribution in [3.8, 4) is 0 Å². The number of aryl methyl sites for hydroxylation is 1. The largest absolute Gasteiger partial charge is 0.467 e. The molecule has 188 valence electrons. The van der Waals surface area contributed by atoms with Crippen molar-refractivity contribution in [1.82, 2.24) is 5.32 Å². The Morgan fingerprint density at radius 3 is 1.97 bits per heavy atom. The standard InChI is InChI=1S/C29H28N4O4/c34-27(17-8-21-5-2-1-3-6-21)32-24-13-15-25(16-14-24)33-28(35)20-30-23-11-9-22(10-12-23)29(36)31-19-26-7-4-18-37-26/h1-7,9-16,18,30H,8,17,19-20H2,(H,31,36)(H,32,34)(H,33,35). The van der Waals surface area contributed by atoms with Crippen molar-refractivity contribution in [3.05, 3.63) is 114 Å². The fraction of sp³-hybridized carbons (Fsp3) is 0.138.